The van der Waals surface area contributed by atoms with Crippen molar-refractivity contribution in [3.8, 4) is 17.2 Å². The van der Waals surface area contributed by atoms with Crippen LogP contribution in [0, 0.1) is 6.92 Å². The van der Waals surface area contributed by atoms with Crippen LogP contribution < -0.4 is 42.4 Å². The van der Waals surface area contributed by atoms with E-state index in [9.17, 15) is 39.0 Å². The van der Waals surface area contributed by atoms with E-state index in [4.69, 9.17) is 9.15 Å². The third-order valence-electron chi connectivity index (χ3n) is 7.76. The molecule has 1 heterocycles. The van der Waals surface area contributed by atoms with Gasteiger partial charge in [-0.2, -0.15) is 0 Å². The summed E-state index contributed by atoms with van der Waals surface area (Å²) in [6.07, 6.45) is 0.628. The molecule has 0 spiro atoms. The number of nitrogens with zero attached hydrogens (tertiary/aromatic N) is 2. The predicted molar refractivity (Wildman–Crippen MR) is 206 cm³/mol. The molecule has 0 bridgehead atoms. The number of carbonyl (C=O) groups is 2. The Morgan fingerprint density at radius 3 is 1.62 bits per heavy atom. The lowest BCUT2D eigenvalue weighted by Gasteiger charge is -2.21. The zero-order valence-corrected chi connectivity index (χ0v) is 29.2. The van der Waals surface area contributed by atoms with E-state index in [-0.39, 0.29) is 96.1 Å². The number of para-hydroxylation sites is 2. The molecule has 284 valence electrons. The number of benzene rings is 2. The quantitative estimate of drug-likeness (QED) is 0.0846. The Morgan fingerprint density at radius 1 is 0.717 bits per heavy atom. The van der Waals surface area contributed by atoms with Crippen molar-refractivity contribution in [3.05, 3.63) is 112 Å². The Hall–Kier alpha value is -6.38. The predicted octanol–water partition coefficient (Wildman–Crippen LogP) is 5.00. The van der Waals surface area contributed by atoms with Crippen molar-refractivity contribution >= 4 is 40.3 Å². The van der Waals surface area contributed by atoms with Gasteiger partial charge < -0.3 is 45.1 Å². The number of carbonyl (C=O) groups excluding carboxylic acids is 2. The van der Waals surface area contributed by atoms with Crippen molar-refractivity contribution < 1.29 is 29.0 Å². The number of furan rings is 1. The molecule has 0 aliphatic heterocycles. The third-order valence-corrected chi connectivity index (χ3v) is 7.76. The van der Waals surface area contributed by atoms with Gasteiger partial charge in [-0.25, -0.2) is 0 Å². The van der Waals surface area contributed by atoms with E-state index in [1.54, 1.807) is 47.2 Å². The Bertz CT molecular complexity index is 2220. The minimum atomic E-state index is -0.716. The highest BCUT2D eigenvalue weighted by Crippen LogP contribution is 2.34. The van der Waals surface area contributed by atoms with Crippen LogP contribution in [-0.2, 0) is 0 Å². The standard InChI is InChI=1S/C21H23N3O5.C15H16N2O5.2CH4/c1-5-13(15-10-9-11(2)29-15)22-16-17(20(27)19(16)26)23-14-8-6-7-12(18(14)25)21(28)24(3)4;1-4-22-14-10(12(19)13(14)20)16-9-7-5-6-8(11(9)18)15(21)17(2)3;;/h6-10,13,22-23,25H,5H2,1-4H3;5-7,16,18H,4H2,1-3H3;2*1H4/t13-;;;/m1.../s1. The van der Waals surface area contributed by atoms with Gasteiger partial charge in [0, 0.05) is 28.2 Å². The van der Waals surface area contributed by atoms with E-state index in [1.165, 1.54) is 34.1 Å². The summed E-state index contributed by atoms with van der Waals surface area (Å²) in [5, 5.41) is 29.1. The minimum Gasteiger partial charge on any atom is -0.505 e. The van der Waals surface area contributed by atoms with Crippen LogP contribution in [0.3, 0.4) is 0 Å². The number of phenolic OH excluding ortho intramolecular Hbond substituents is 2. The second-order valence-corrected chi connectivity index (χ2v) is 11.8. The van der Waals surface area contributed by atoms with Crippen LogP contribution in [0.15, 0.2) is 72.1 Å². The summed E-state index contributed by atoms with van der Waals surface area (Å²) >= 11 is 0. The monoisotopic (exact) mass is 733 g/mol. The molecule has 0 saturated carbocycles. The molecule has 5 aromatic rings. The van der Waals surface area contributed by atoms with Crippen LogP contribution in [0.1, 0.15) is 73.4 Å². The van der Waals surface area contributed by atoms with E-state index in [0.29, 0.717) is 12.2 Å². The molecule has 5 N–H and O–H groups in total. The lowest BCUT2D eigenvalue weighted by molar-refractivity contribution is 0.0817. The Kier molecular flexibility index (Phi) is 14.3. The lowest BCUT2D eigenvalue weighted by atomic mass is 10.1. The second-order valence-electron chi connectivity index (χ2n) is 11.8. The number of rotatable bonds is 12. The minimum absolute atomic E-state index is 0. The van der Waals surface area contributed by atoms with Crippen LogP contribution in [0.5, 0.6) is 17.2 Å². The summed E-state index contributed by atoms with van der Waals surface area (Å²) in [5.41, 5.74) is -2.11. The van der Waals surface area contributed by atoms with Crippen LogP contribution in [-0.4, -0.2) is 66.6 Å². The van der Waals surface area contributed by atoms with Crippen molar-refractivity contribution in [1.29, 1.82) is 0 Å². The molecule has 0 unspecified atom stereocenters. The lowest BCUT2D eigenvalue weighted by Crippen LogP contribution is -2.37. The first-order chi connectivity index (χ1) is 24.1. The maximum absolute atomic E-state index is 12.2. The summed E-state index contributed by atoms with van der Waals surface area (Å²) in [6, 6.07) is 12.5. The van der Waals surface area contributed by atoms with E-state index in [1.807, 2.05) is 26.0 Å². The Morgan fingerprint density at radius 2 is 1.19 bits per heavy atom. The summed E-state index contributed by atoms with van der Waals surface area (Å²) in [7, 11) is 6.26. The summed E-state index contributed by atoms with van der Waals surface area (Å²) in [5.74, 6) is -0.00181. The Labute approximate surface area is 306 Å². The molecule has 0 aliphatic rings. The number of aryl methyl sites for hydroxylation is 1. The van der Waals surface area contributed by atoms with E-state index in [0.717, 1.165) is 5.76 Å². The maximum atomic E-state index is 12.2. The van der Waals surface area contributed by atoms with E-state index < -0.39 is 21.7 Å². The molecule has 1 atom stereocenters. The van der Waals surface area contributed by atoms with Crippen molar-refractivity contribution in [2.45, 2.75) is 48.1 Å². The van der Waals surface area contributed by atoms with Gasteiger partial charge in [0.05, 0.1) is 35.2 Å². The molecule has 2 amide bonds. The second kappa shape index (κ2) is 17.7. The SMILES string of the molecule is C.C.CCOc1c(Nc2cccc(C(=O)N(C)C)c2O)c(=O)c1=O.CC[C@@H](Nc1c(Nc2cccc(C(=O)N(C)C)c2O)c(=O)c1=O)c1ccc(C)o1. The van der Waals surface area contributed by atoms with E-state index in [2.05, 4.69) is 16.0 Å². The van der Waals surface area contributed by atoms with Crippen LogP contribution >= 0.6 is 0 Å². The van der Waals surface area contributed by atoms with Crippen molar-refractivity contribution in [1.82, 2.24) is 9.80 Å². The van der Waals surface area contributed by atoms with Gasteiger partial charge in [-0.3, -0.25) is 28.8 Å². The van der Waals surface area contributed by atoms with Crippen LogP contribution in [0.25, 0.3) is 0 Å². The molecule has 0 aliphatic carbocycles. The van der Waals surface area contributed by atoms with Crippen LogP contribution in [0.4, 0.5) is 28.4 Å². The Balaban J connectivity index is 0.000000366. The zero-order chi connectivity index (χ0) is 37.7. The van der Waals surface area contributed by atoms with Gasteiger partial charge in [0.15, 0.2) is 17.2 Å². The van der Waals surface area contributed by atoms with Gasteiger partial charge >= 0.3 is 0 Å². The molecule has 4 aromatic carbocycles. The number of phenols is 2. The highest BCUT2D eigenvalue weighted by atomic mass is 16.5. The van der Waals surface area contributed by atoms with Crippen molar-refractivity contribution in [3.63, 3.8) is 0 Å². The number of nitrogens with one attached hydrogen (secondary N) is 3. The van der Waals surface area contributed by atoms with Gasteiger partial charge in [0.1, 0.15) is 28.6 Å². The number of aromatic hydroxyl groups is 2. The van der Waals surface area contributed by atoms with Crippen LogP contribution in [0.2, 0.25) is 0 Å². The van der Waals surface area contributed by atoms with Gasteiger partial charge in [-0.05, 0) is 56.7 Å². The fourth-order valence-corrected chi connectivity index (χ4v) is 4.99. The molecule has 5 rings (SSSR count). The highest BCUT2D eigenvalue weighted by molar-refractivity contribution is 5.99. The van der Waals surface area contributed by atoms with Gasteiger partial charge in [0.2, 0.25) is 0 Å². The number of ether oxygens (including phenoxy) is 1. The molecule has 0 fully saturated rings. The third kappa shape index (κ3) is 8.75. The zero-order valence-electron chi connectivity index (χ0n) is 29.2. The van der Waals surface area contributed by atoms with Crippen molar-refractivity contribution in [2.24, 2.45) is 0 Å². The molecule has 15 nitrogen and oxygen atoms in total. The van der Waals surface area contributed by atoms with Gasteiger partial charge in [-0.1, -0.05) is 33.9 Å². The highest BCUT2D eigenvalue weighted by Gasteiger charge is 2.27. The normalized spacial score (nSPS) is 10.9. The topological polar surface area (TPSA) is 208 Å². The smallest absolute Gasteiger partial charge is 0.272 e. The largest absolute Gasteiger partial charge is 0.505 e. The summed E-state index contributed by atoms with van der Waals surface area (Å²) in [4.78, 5) is 74.1. The summed E-state index contributed by atoms with van der Waals surface area (Å²) in [6.45, 7) is 5.68. The fraction of sp³-hybridized carbons (Fsp3) is 0.316. The average Bonchev–Trinajstić information content (AvgIpc) is 3.55. The molecule has 53 heavy (non-hydrogen) atoms. The first kappa shape index (κ1) is 42.8. The average molecular weight is 734 g/mol. The number of amides is 2. The molecule has 0 radical (unpaired) electrons. The fourth-order valence-electron chi connectivity index (χ4n) is 4.99. The van der Waals surface area contributed by atoms with Gasteiger partial charge in [-0.15, -0.1) is 0 Å². The van der Waals surface area contributed by atoms with Crippen molar-refractivity contribution in [2.75, 3.05) is 50.7 Å². The maximum Gasteiger partial charge on any atom is 0.272 e. The van der Waals surface area contributed by atoms with E-state index >= 15 is 0 Å². The molecular formula is C38H47N5O10. The summed E-state index contributed by atoms with van der Waals surface area (Å²) < 4.78 is 10.7. The first-order valence-electron chi connectivity index (χ1n) is 15.9. The molecule has 1 aromatic heterocycles. The number of anilines is 5. The number of hydrogen-bond donors (Lipinski definition) is 5. The molecule has 0 saturated heterocycles. The number of hydrogen-bond acceptors (Lipinski definition) is 13. The molecular weight excluding hydrogens is 686 g/mol. The molecule has 15 heteroatoms. The first-order valence-corrected chi connectivity index (χ1v) is 15.9. The van der Waals surface area contributed by atoms with Gasteiger partial charge in [0.25, 0.3) is 33.5 Å².